The fourth-order valence-electron chi connectivity index (χ4n) is 2.16. The summed E-state index contributed by atoms with van der Waals surface area (Å²) in [6.45, 7) is 8.61. The fourth-order valence-corrected chi connectivity index (χ4v) is 2.87. The van der Waals surface area contributed by atoms with Gasteiger partial charge in [-0.2, -0.15) is 0 Å². The van der Waals surface area contributed by atoms with Gasteiger partial charge in [-0.1, -0.05) is 61.6 Å². The molecule has 0 saturated carbocycles. The molecule has 20 heavy (non-hydrogen) atoms. The average molecular weight is 339 g/mol. The second-order valence-electron chi connectivity index (χ2n) is 6.08. The maximum absolute atomic E-state index is 9.21. The molecular weight excluding hydrogens is 317 g/mol. The van der Waals surface area contributed by atoms with E-state index in [9.17, 15) is 5.11 Å². The first-order valence-electron chi connectivity index (χ1n) is 6.68. The van der Waals surface area contributed by atoms with E-state index in [1.54, 1.807) is 6.07 Å². The van der Waals surface area contributed by atoms with Crippen LogP contribution in [0.1, 0.15) is 45.7 Å². The normalized spacial score (nSPS) is 15.2. The van der Waals surface area contributed by atoms with E-state index in [-0.39, 0.29) is 24.1 Å². The topological polar surface area (TPSA) is 32.3 Å². The Hall–Kier alpha value is 0.01000. The highest BCUT2D eigenvalue weighted by Crippen LogP contribution is 2.36. The minimum atomic E-state index is 0.0213. The first-order chi connectivity index (χ1) is 9.18. The molecule has 0 aliphatic heterocycles. The molecule has 0 heterocycles. The van der Waals surface area contributed by atoms with Crippen LogP contribution in [0.3, 0.4) is 0 Å². The highest BCUT2D eigenvalue weighted by atomic mass is 35.5. The van der Waals surface area contributed by atoms with Crippen LogP contribution in [0.15, 0.2) is 12.1 Å². The van der Waals surface area contributed by atoms with Crippen LogP contribution in [0, 0.1) is 5.41 Å². The average Bonchev–Trinajstić information content (AvgIpc) is 2.34. The summed E-state index contributed by atoms with van der Waals surface area (Å²) in [6.07, 6.45) is 0.687. The lowest BCUT2D eigenvalue weighted by molar-refractivity contribution is 0.188. The smallest absolute Gasteiger partial charge is 0.0781 e. The fraction of sp³-hybridized carbons (Fsp3) is 0.600. The van der Waals surface area contributed by atoms with Gasteiger partial charge in [-0.15, -0.1) is 0 Å². The first kappa shape index (κ1) is 18.1. The zero-order valence-corrected chi connectivity index (χ0v) is 14.6. The van der Waals surface area contributed by atoms with Gasteiger partial charge < -0.3 is 10.4 Å². The van der Waals surface area contributed by atoms with Crippen LogP contribution >= 0.6 is 34.8 Å². The van der Waals surface area contributed by atoms with Gasteiger partial charge in [0.2, 0.25) is 0 Å². The van der Waals surface area contributed by atoms with Crippen molar-refractivity contribution >= 4 is 34.8 Å². The predicted octanol–water partition coefficient (Wildman–Crippen LogP) is 5.09. The summed E-state index contributed by atoms with van der Waals surface area (Å²) >= 11 is 18.3. The van der Waals surface area contributed by atoms with Crippen molar-refractivity contribution in [3.63, 3.8) is 0 Å². The minimum Gasteiger partial charge on any atom is -0.396 e. The molecule has 0 bridgehead atoms. The number of aliphatic hydroxyl groups excluding tert-OH is 1. The van der Waals surface area contributed by atoms with Crippen molar-refractivity contribution < 1.29 is 5.11 Å². The van der Waals surface area contributed by atoms with Crippen molar-refractivity contribution in [1.82, 2.24) is 5.32 Å². The molecule has 0 amide bonds. The van der Waals surface area contributed by atoms with Gasteiger partial charge in [0.1, 0.15) is 0 Å². The highest BCUT2D eigenvalue weighted by Gasteiger charge is 2.26. The van der Waals surface area contributed by atoms with Gasteiger partial charge in [-0.25, -0.2) is 0 Å². The Morgan fingerprint density at radius 2 is 1.75 bits per heavy atom. The summed E-state index contributed by atoms with van der Waals surface area (Å²) in [5, 5.41) is 14.0. The lowest BCUT2D eigenvalue weighted by Crippen LogP contribution is -2.42. The maximum Gasteiger partial charge on any atom is 0.0781 e. The standard InChI is InChI=1S/C15H22Cl3NO/c1-9(19-12(7-8-20)15(2,3)4)10-5-6-11(16)14(18)13(10)17/h5-6,9,12,19-20H,7-8H2,1-4H3. The van der Waals surface area contributed by atoms with Gasteiger partial charge in [-0.05, 0) is 30.4 Å². The van der Waals surface area contributed by atoms with Crippen LogP contribution in [0.2, 0.25) is 15.1 Å². The third-order valence-electron chi connectivity index (χ3n) is 3.45. The summed E-state index contributed by atoms with van der Waals surface area (Å²) < 4.78 is 0. The number of rotatable bonds is 5. The first-order valence-corrected chi connectivity index (χ1v) is 7.82. The Bertz CT molecular complexity index is 457. The Morgan fingerprint density at radius 1 is 1.15 bits per heavy atom. The van der Waals surface area contributed by atoms with Crippen molar-refractivity contribution in [2.45, 2.75) is 46.2 Å². The van der Waals surface area contributed by atoms with Crippen LogP contribution in [0.4, 0.5) is 0 Å². The molecule has 2 nitrogen and oxygen atoms in total. The van der Waals surface area contributed by atoms with Crippen molar-refractivity contribution in [3.8, 4) is 0 Å². The summed E-state index contributed by atoms with van der Waals surface area (Å²) in [7, 11) is 0. The molecule has 0 spiro atoms. The molecule has 5 heteroatoms. The van der Waals surface area contributed by atoms with E-state index < -0.39 is 0 Å². The van der Waals surface area contributed by atoms with E-state index in [2.05, 4.69) is 26.1 Å². The highest BCUT2D eigenvalue weighted by molar-refractivity contribution is 6.48. The zero-order chi connectivity index (χ0) is 15.5. The van der Waals surface area contributed by atoms with Crippen molar-refractivity contribution in [2.75, 3.05) is 6.61 Å². The van der Waals surface area contributed by atoms with Crippen molar-refractivity contribution in [2.24, 2.45) is 5.41 Å². The molecule has 114 valence electrons. The van der Waals surface area contributed by atoms with Gasteiger partial charge in [0, 0.05) is 18.7 Å². The van der Waals surface area contributed by atoms with E-state index in [4.69, 9.17) is 34.8 Å². The van der Waals surface area contributed by atoms with Crippen molar-refractivity contribution in [3.05, 3.63) is 32.8 Å². The summed E-state index contributed by atoms with van der Waals surface area (Å²) in [4.78, 5) is 0. The minimum absolute atomic E-state index is 0.0213. The third kappa shape index (κ3) is 4.51. The second-order valence-corrected chi connectivity index (χ2v) is 7.25. The molecule has 2 N–H and O–H groups in total. The molecular formula is C15H22Cl3NO. The van der Waals surface area contributed by atoms with Gasteiger partial charge in [-0.3, -0.25) is 0 Å². The quantitative estimate of drug-likeness (QED) is 0.732. The molecule has 2 unspecified atom stereocenters. The monoisotopic (exact) mass is 337 g/mol. The number of hydrogen-bond donors (Lipinski definition) is 2. The van der Waals surface area contributed by atoms with E-state index >= 15 is 0 Å². The number of benzene rings is 1. The largest absolute Gasteiger partial charge is 0.396 e. The number of halogens is 3. The Kier molecular flexibility index (Phi) is 6.62. The molecule has 0 radical (unpaired) electrons. The molecule has 0 saturated heterocycles. The second kappa shape index (κ2) is 7.33. The number of aliphatic hydroxyl groups is 1. The van der Waals surface area contributed by atoms with Gasteiger partial charge >= 0.3 is 0 Å². The molecule has 1 rings (SSSR count). The third-order valence-corrected chi connectivity index (χ3v) is 4.75. The summed E-state index contributed by atoms with van der Waals surface area (Å²) in [5.74, 6) is 0. The van der Waals surface area contributed by atoms with Crippen LogP contribution in [-0.4, -0.2) is 17.8 Å². The molecule has 2 atom stereocenters. The van der Waals surface area contributed by atoms with Crippen molar-refractivity contribution in [1.29, 1.82) is 0 Å². The zero-order valence-electron chi connectivity index (χ0n) is 12.3. The summed E-state index contributed by atoms with van der Waals surface area (Å²) in [5.41, 5.74) is 0.952. The van der Waals surface area contributed by atoms with Crippen LogP contribution in [-0.2, 0) is 0 Å². The van der Waals surface area contributed by atoms with E-state index in [0.29, 0.717) is 21.5 Å². The van der Waals surface area contributed by atoms with Gasteiger partial charge in [0.25, 0.3) is 0 Å². The van der Waals surface area contributed by atoms with E-state index in [1.807, 2.05) is 13.0 Å². The molecule has 0 aliphatic rings. The van der Waals surface area contributed by atoms with Gasteiger partial charge in [0.05, 0.1) is 15.1 Å². The van der Waals surface area contributed by atoms with Crippen LogP contribution < -0.4 is 5.32 Å². The van der Waals surface area contributed by atoms with E-state index in [1.165, 1.54) is 0 Å². The van der Waals surface area contributed by atoms with E-state index in [0.717, 1.165) is 5.56 Å². The molecule has 0 fully saturated rings. The lowest BCUT2D eigenvalue weighted by atomic mass is 9.84. The molecule has 1 aromatic carbocycles. The molecule has 0 aromatic heterocycles. The number of hydrogen-bond acceptors (Lipinski definition) is 2. The summed E-state index contributed by atoms with van der Waals surface area (Å²) in [6, 6.07) is 3.83. The number of nitrogens with one attached hydrogen (secondary N) is 1. The van der Waals surface area contributed by atoms with Gasteiger partial charge in [0.15, 0.2) is 0 Å². The predicted molar refractivity (Wildman–Crippen MR) is 88.0 cm³/mol. The van der Waals surface area contributed by atoms with Crippen LogP contribution in [0.5, 0.6) is 0 Å². The Morgan fingerprint density at radius 3 is 2.25 bits per heavy atom. The maximum atomic E-state index is 9.21. The Labute approximate surface area is 136 Å². The SMILES string of the molecule is CC(NC(CCO)C(C)(C)C)c1ccc(Cl)c(Cl)c1Cl. The Balaban J connectivity index is 2.95. The molecule has 1 aromatic rings. The molecule has 0 aliphatic carbocycles. The lowest BCUT2D eigenvalue weighted by Gasteiger charge is -2.34. The van der Waals surface area contributed by atoms with Crippen LogP contribution in [0.25, 0.3) is 0 Å².